The molecular formula is C28H26F2N6O. The highest BCUT2D eigenvalue weighted by Gasteiger charge is 2.49. The third kappa shape index (κ3) is 4.94. The molecular weight excluding hydrogens is 474 g/mol. The number of nitrogens with one attached hydrogen (secondary N) is 2. The fraction of sp³-hybridized carbons (Fsp3) is 0.286. The lowest BCUT2D eigenvalue weighted by atomic mass is 9.80. The summed E-state index contributed by atoms with van der Waals surface area (Å²) in [4.78, 5) is 23.6. The number of anilines is 2. The first-order valence-corrected chi connectivity index (χ1v) is 12.4. The number of aromatic amines is 1. The van der Waals surface area contributed by atoms with Crippen LogP contribution in [-0.2, 0) is 17.6 Å². The molecule has 4 aromatic rings. The first kappa shape index (κ1) is 23.3. The van der Waals surface area contributed by atoms with Crippen LogP contribution in [0.4, 0.5) is 20.3 Å². The predicted molar refractivity (Wildman–Crippen MR) is 136 cm³/mol. The normalized spacial score (nSPS) is 17.0. The molecule has 2 N–H and O–H groups in total. The van der Waals surface area contributed by atoms with Gasteiger partial charge in [-0.1, -0.05) is 24.3 Å². The summed E-state index contributed by atoms with van der Waals surface area (Å²) in [5, 5.41) is 10.1. The van der Waals surface area contributed by atoms with Crippen LogP contribution in [0.5, 0.6) is 0 Å². The van der Waals surface area contributed by atoms with Crippen molar-refractivity contribution in [1.29, 1.82) is 0 Å². The number of carbonyl (C=O) groups excluding carboxylic acids is 1. The average molecular weight is 501 g/mol. The number of halogens is 2. The van der Waals surface area contributed by atoms with E-state index in [1.54, 1.807) is 17.3 Å². The Labute approximate surface area is 213 Å². The number of rotatable bonds is 5. The molecule has 188 valence electrons. The third-order valence-corrected chi connectivity index (χ3v) is 7.16. The summed E-state index contributed by atoms with van der Waals surface area (Å²) in [6.45, 7) is 1.09. The fourth-order valence-corrected chi connectivity index (χ4v) is 5.05. The summed E-state index contributed by atoms with van der Waals surface area (Å²) in [6, 6.07) is 16.0. The second-order valence-electron chi connectivity index (χ2n) is 9.72. The lowest BCUT2D eigenvalue weighted by Gasteiger charge is -2.37. The number of alkyl halides is 2. The Hall–Kier alpha value is -4.14. The molecule has 2 aromatic carbocycles. The average Bonchev–Trinajstić information content (AvgIpc) is 3.34. The van der Waals surface area contributed by atoms with E-state index in [-0.39, 0.29) is 18.7 Å². The Bertz CT molecular complexity index is 1410. The molecule has 1 saturated carbocycles. The van der Waals surface area contributed by atoms with Gasteiger partial charge in [0.25, 0.3) is 0 Å². The van der Waals surface area contributed by atoms with Crippen molar-refractivity contribution >= 4 is 17.4 Å². The van der Waals surface area contributed by atoms with Crippen LogP contribution in [0.2, 0.25) is 0 Å². The van der Waals surface area contributed by atoms with Crippen LogP contribution in [-0.4, -0.2) is 50.0 Å². The van der Waals surface area contributed by atoms with E-state index < -0.39 is 11.8 Å². The van der Waals surface area contributed by atoms with E-state index in [4.69, 9.17) is 4.98 Å². The quantitative estimate of drug-likeness (QED) is 0.391. The SMILES string of the molecule is O=C(C1CC(F)(F)C1)N1CCc2ccc(-c3nccc(Nc4ccc(-c5cn[nH]c5)cc4)n3)cc2CC1. The highest BCUT2D eigenvalue weighted by molar-refractivity contribution is 5.80. The Morgan fingerprint density at radius 1 is 0.973 bits per heavy atom. The summed E-state index contributed by atoms with van der Waals surface area (Å²) in [5.74, 6) is -2.07. The minimum atomic E-state index is -2.68. The standard InChI is InChI=1S/C28H26F2N6O/c29-28(30)14-22(15-28)27(37)36-11-8-19-1-2-21(13-20(19)9-12-36)26-31-10-7-25(35-26)34-24-5-3-18(4-6-24)23-16-32-33-17-23/h1-7,10,13,16-17,22H,8-9,11-12,14-15H2,(H,32,33)(H,31,34,35). The number of nitrogens with zero attached hydrogens (tertiary/aromatic N) is 4. The van der Waals surface area contributed by atoms with Gasteiger partial charge in [-0.25, -0.2) is 18.7 Å². The zero-order chi connectivity index (χ0) is 25.4. The maximum Gasteiger partial charge on any atom is 0.249 e. The van der Waals surface area contributed by atoms with E-state index in [1.165, 1.54) is 5.56 Å². The van der Waals surface area contributed by atoms with Gasteiger partial charge >= 0.3 is 0 Å². The Morgan fingerprint density at radius 2 is 1.73 bits per heavy atom. The Balaban J connectivity index is 1.14. The van der Waals surface area contributed by atoms with Crippen LogP contribution < -0.4 is 5.32 Å². The molecule has 0 atom stereocenters. The van der Waals surface area contributed by atoms with Crippen LogP contribution in [0.1, 0.15) is 24.0 Å². The molecule has 2 aliphatic rings. The summed E-state index contributed by atoms with van der Waals surface area (Å²) in [7, 11) is 0. The van der Waals surface area contributed by atoms with Gasteiger partial charge in [0.1, 0.15) is 5.82 Å². The predicted octanol–water partition coefficient (Wildman–Crippen LogP) is 5.25. The molecule has 0 unspecified atom stereocenters. The van der Waals surface area contributed by atoms with E-state index in [0.717, 1.165) is 27.9 Å². The van der Waals surface area contributed by atoms with E-state index in [1.807, 2.05) is 42.6 Å². The molecule has 1 amide bonds. The van der Waals surface area contributed by atoms with Gasteiger partial charge in [-0.2, -0.15) is 5.10 Å². The fourth-order valence-electron chi connectivity index (χ4n) is 5.05. The van der Waals surface area contributed by atoms with Crippen molar-refractivity contribution in [2.24, 2.45) is 5.92 Å². The molecule has 37 heavy (non-hydrogen) atoms. The third-order valence-electron chi connectivity index (χ3n) is 7.16. The van der Waals surface area contributed by atoms with Crippen molar-refractivity contribution in [2.75, 3.05) is 18.4 Å². The van der Waals surface area contributed by atoms with Crippen LogP contribution in [0.15, 0.2) is 67.1 Å². The number of aromatic nitrogens is 4. The maximum absolute atomic E-state index is 13.2. The zero-order valence-electron chi connectivity index (χ0n) is 20.1. The molecule has 9 heteroatoms. The van der Waals surface area contributed by atoms with E-state index in [0.29, 0.717) is 37.6 Å². The van der Waals surface area contributed by atoms with Gasteiger partial charge < -0.3 is 10.2 Å². The largest absolute Gasteiger partial charge is 0.342 e. The number of H-pyrrole nitrogens is 1. The van der Waals surface area contributed by atoms with Crippen molar-refractivity contribution in [1.82, 2.24) is 25.1 Å². The van der Waals surface area contributed by atoms with Crippen molar-refractivity contribution in [2.45, 2.75) is 31.6 Å². The number of hydrogen-bond acceptors (Lipinski definition) is 5. The van der Waals surface area contributed by atoms with Crippen molar-refractivity contribution in [3.05, 3.63) is 78.2 Å². The molecule has 6 rings (SSSR count). The first-order valence-electron chi connectivity index (χ1n) is 12.4. The highest BCUT2D eigenvalue weighted by Crippen LogP contribution is 2.43. The van der Waals surface area contributed by atoms with Crippen LogP contribution in [0.25, 0.3) is 22.5 Å². The van der Waals surface area contributed by atoms with Crippen LogP contribution in [0, 0.1) is 5.92 Å². The molecule has 0 spiro atoms. The monoisotopic (exact) mass is 500 g/mol. The number of carbonyl (C=O) groups is 1. The number of hydrogen-bond donors (Lipinski definition) is 2. The van der Waals surface area contributed by atoms with Gasteiger partial charge in [0.05, 0.1) is 6.20 Å². The van der Waals surface area contributed by atoms with E-state index >= 15 is 0 Å². The zero-order valence-corrected chi connectivity index (χ0v) is 20.1. The molecule has 2 aromatic heterocycles. The lowest BCUT2D eigenvalue weighted by Crippen LogP contribution is -2.47. The van der Waals surface area contributed by atoms with Crippen LogP contribution in [0.3, 0.4) is 0 Å². The molecule has 7 nitrogen and oxygen atoms in total. The molecule has 0 radical (unpaired) electrons. The minimum absolute atomic E-state index is 0.140. The maximum atomic E-state index is 13.2. The number of fused-ring (bicyclic) bond motifs is 1. The summed E-state index contributed by atoms with van der Waals surface area (Å²) in [5.41, 5.74) is 6.21. The molecule has 3 heterocycles. The van der Waals surface area contributed by atoms with Gasteiger partial charge in [-0.3, -0.25) is 9.89 Å². The molecule has 0 bridgehead atoms. The Kier molecular flexibility index (Phi) is 5.90. The summed E-state index contributed by atoms with van der Waals surface area (Å²) in [6.07, 6.45) is 6.10. The van der Waals surface area contributed by atoms with Gasteiger partial charge in [-0.15, -0.1) is 0 Å². The minimum Gasteiger partial charge on any atom is -0.342 e. The van der Waals surface area contributed by atoms with Crippen molar-refractivity contribution in [3.63, 3.8) is 0 Å². The van der Waals surface area contributed by atoms with Crippen molar-refractivity contribution < 1.29 is 13.6 Å². The highest BCUT2D eigenvalue weighted by atomic mass is 19.3. The molecule has 1 aliphatic heterocycles. The summed E-state index contributed by atoms with van der Waals surface area (Å²) >= 11 is 0. The van der Waals surface area contributed by atoms with Gasteiger partial charge in [-0.05, 0) is 53.8 Å². The van der Waals surface area contributed by atoms with Gasteiger partial charge in [0.2, 0.25) is 11.8 Å². The van der Waals surface area contributed by atoms with Crippen LogP contribution >= 0.6 is 0 Å². The second-order valence-corrected chi connectivity index (χ2v) is 9.72. The van der Waals surface area contributed by atoms with Gasteiger partial charge in [0.15, 0.2) is 5.82 Å². The van der Waals surface area contributed by atoms with E-state index in [2.05, 4.69) is 32.6 Å². The number of amides is 1. The lowest BCUT2D eigenvalue weighted by molar-refractivity contribution is -0.159. The molecule has 0 saturated heterocycles. The van der Waals surface area contributed by atoms with Crippen molar-refractivity contribution in [3.8, 4) is 22.5 Å². The molecule has 1 aliphatic carbocycles. The van der Waals surface area contributed by atoms with Gasteiger partial charge in [0, 0.05) is 61.1 Å². The second kappa shape index (κ2) is 9.38. The first-order chi connectivity index (χ1) is 17.9. The smallest absolute Gasteiger partial charge is 0.249 e. The Morgan fingerprint density at radius 3 is 2.46 bits per heavy atom. The molecule has 1 fully saturated rings. The topological polar surface area (TPSA) is 86.8 Å². The van der Waals surface area contributed by atoms with E-state index in [9.17, 15) is 13.6 Å². The summed E-state index contributed by atoms with van der Waals surface area (Å²) < 4.78 is 26.5. The number of benzene rings is 2.